The molecule has 1 aromatic rings. The lowest BCUT2D eigenvalue weighted by Gasteiger charge is -2.25. The minimum atomic E-state index is -0.142. The van der Waals surface area contributed by atoms with Gasteiger partial charge in [-0.1, -0.05) is 51.1 Å². The highest BCUT2D eigenvalue weighted by atomic mass is 16.5. The molecule has 3 nitrogen and oxygen atoms in total. The van der Waals surface area contributed by atoms with Crippen molar-refractivity contribution >= 4 is 5.90 Å². The lowest BCUT2D eigenvalue weighted by atomic mass is 9.87. The van der Waals surface area contributed by atoms with Gasteiger partial charge in [-0.25, -0.2) is 4.99 Å². The van der Waals surface area contributed by atoms with E-state index < -0.39 is 0 Å². The number of hydrogen-bond acceptors (Lipinski definition) is 3. The van der Waals surface area contributed by atoms with Crippen molar-refractivity contribution in [3.05, 3.63) is 35.9 Å². The molecule has 2 rings (SSSR count). The Morgan fingerprint density at radius 2 is 1.94 bits per heavy atom. The summed E-state index contributed by atoms with van der Waals surface area (Å²) in [5.41, 5.74) is 7.30. The van der Waals surface area contributed by atoms with E-state index in [1.54, 1.807) is 0 Å². The van der Waals surface area contributed by atoms with Crippen molar-refractivity contribution in [2.75, 3.05) is 6.61 Å². The predicted molar refractivity (Wildman–Crippen MR) is 70.0 cm³/mol. The zero-order valence-electron chi connectivity index (χ0n) is 10.7. The second-order valence-electron chi connectivity index (χ2n) is 5.55. The van der Waals surface area contributed by atoms with Crippen molar-refractivity contribution in [2.24, 2.45) is 16.1 Å². The van der Waals surface area contributed by atoms with Gasteiger partial charge in [0.15, 0.2) is 0 Å². The van der Waals surface area contributed by atoms with Crippen LogP contribution in [0.2, 0.25) is 0 Å². The van der Waals surface area contributed by atoms with E-state index in [2.05, 4.69) is 37.9 Å². The molecule has 2 atom stereocenters. The molecule has 0 spiro atoms. The number of hydrogen-bond donors (Lipinski definition) is 1. The highest BCUT2D eigenvalue weighted by Gasteiger charge is 2.31. The zero-order chi connectivity index (χ0) is 12.5. The third-order valence-electron chi connectivity index (χ3n) is 3.06. The summed E-state index contributed by atoms with van der Waals surface area (Å²) < 4.78 is 5.63. The van der Waals surface area contributed by atoms with Crippen molar-refractivity contribution in [2.45, 2.75) is 32.9 Å². The normalized spacial score (nSPS) is 21.9. The van der Waals surface area contributed by atoms with Crippen LogP contribution in [-0.2, 0) is 4.74 Å². The second-order valence-corrected chi connectivity index (χ2v) is 5.55. The Morgan fingerprint density at radius 1 is 1.29 bits per heavy atom. The van der Waals surface area contributed by atoms with Crippen molar-refractivity contribution in [1.82, 2.24) is 0 Å². The van der Waals surface area contributed by atoms with E-state index in [0.717, 1.165) is 0 Å². The van der Waals surface area contributed by atoms with Crippen LogP contribution in [0.25, 0.3) is 0 Å². The lowest BCUT2D eigenvalue weighted by Crippen LogP contribution is -2.42. The van der Waals surface area contributed by atoms with Crippen molar-refractivity contribution in [1.29, 1.82) is 0 Å². The maximum absolute atomic E-state index is 6.14. The molecule has 0 aromatic heterocycles. The Hall–Kier alpha value is -1.35. The summed E-state index contributed by atoms with van der Waals surface area (Å²) >= 11 is 0. The first kappa shape index (κ1) is 12.1. The maximum atomic E-state index is 6.14. The minimum Gasteiger partial charge on any atom is -0.477 e. The first-order valence-electron chi connectivity index (χ1n) is 5.99. The fourth-order valence-electron chi connectivity index (χ4n) is 1.78. The topological polar surface area (TPSA) is 47.6 Å². The van der Waals surface area contributed by atoms with E-state index in [1.807, 2.05) is 18.2 Å². The molecule has 0 bridgehead atoms. The molecular weight excluding hydrogens is 212 g/mol. The highest BCUT2D eigenvalue weighted by Crippen LogP contribution is 2.27. The molecule has 0 aliphatic carbocycles. The fourth-order valence-corrected chi connectivity index (χ4v) is 1.78. The zero-order valence-corrected chi connectivity index (χ0v) is 10.7. The summed E-state index contributed by atoms with van der Waals surface area (Å²) in [5.74, 6) is 0.686. The molecule has 3 heteroatoms. The van der Waals surface area contributed by atoms with Crippen molar-refractivity contribution < 1.29 is 4.74 Å². The van der Waals surface area contributed by atoms with Crippen LogP contribution in [0.5, 0.6) is 0 Å². The van der Waals surface area contributed by atoms with Gasteiger partial charge in [-0.3, -0.25) is 0 Å². The number of rotatable bonds is 2. The molecule has 0 fully saturated rings. The van der Waals surface area contributed by atoms with Gasteiger partial charge in [0.2, 0.25) is 5.90 Å². The van der Waals surface area contributed by atoms with Crippen LogP contribution >= 0.6 is 0 Å². The van der Waals surface area contributed by atoms with Gasteiger partial charge in [0.25, 0.3) is 0 Å². The average Bonchev–Trinajstić information content (AvgIpc) is 2.77. The monoisotopic (exact) mass is 232 g/mol. The van der Waals surface area contributed by atoms with Crippen molar-refractivity contribution in [3.8, 4) is 0 Å². The van der Waals surface area contributed by atoms with Gasteiger partial charge in [0, 0.05) is 0 Å². The van der Waals surface area contributed by atoms with Gasteiger partial charge >= 0.3 is 0 Å². The van der Waals surface area contributed by atoms with E-state index >= 15 is 0 Å². The van der Waals surface area contributed by atoms with E-state index in [-0.39, 0.29) is 17.5 Å². The summed E-state index contributed by atoms with van der Waals surface area (Å²) in [6.07, 6.45) is 0. The molecule has 1 aliphatic rings. The first-order chi connectivity index (χ1) is 7.98. The third-order valence-corrected chi connectivity index (χ3v) is 3.06. The summed E-state index contributed by atoms with van der Waals surface area (Å²) in [4.78, 5) is 4.59. The molecule has 0 saturated carbocycles. The van der Waals surface area contributed by atoms with Crippen LogP contribution in [0.3, 0.4) is 0 Å². The molecular formula is C14H20N2O. The van der Waals surface area contributed by atoms with Gasteiger partial charge in [-0.2, -0.15) is 0 Å². The molecule has 0 saturated heterocycles. The minimum absolute atomic E-state index is 0.0234. The van der Waals surface area contributed by atoms with Gasteiger partial charge in [0.05, 0.1) is 6.04 Å². The first-order valence-corrected chi connectivity index (χ1v) is 5.99. The molecule has 1 heterocycles. The fraction of sp³-hybridized carbons (Fsp3) is 0.500. The largest absolute Gasteiger partial charge is 0.477 e. The summed E-state index contributed by atoms with van der Waals surface area (Å²) in [5, 5.41) is 0. The number of nitrogens with zero attached hydrogens (tertiary/aromatic N) is 1. The van der Waals surface area contributed by atoms with Gasteiger partial charge in [-0.15, -0.1) is 0 Å². The molecule has 2 N–H and O–H groups in total. The van der Waals surface area contributed by atoms with Crippen LogP contribution in [0.1, 0.15) is 32.4 Å². The van der Waals surface area contributed by atoms with Crippen LogP contribution in [0, 0.1) is 5.41 Å². The Balaban J connectivity index is 2.15. The van der Waals surface area contributed by atoms with Crippen LogP contribution < -0.4 is 5.73 Å². The number of benzene rings is 1. The molecule has 0 amide bonds. The Kier molecular flexibility index (Phi) is 3.20. The molecule has 1 aliphatic heterocycles. The second kappa shape index (κ2) is 4.49. The van der Waals surface area contributed by atoms with E-state index in [4.69, 9.17) is 10.5 Å². The molecule has 0 unspecified atom stereocenters. The molecule has 1 aromatic carbocycles. The SMILES string of the molecule is CC(C)(C)[C@@H](N)C1=N[C@@H](c2ccccc2)CO1. The highest BCUT2D eigenvalue weighted by molar-refractivity contribution is 5.84. The summed E-state index contributed by atoms with van der Waals surface area (Å²) in [7, 11) is 0. The van der Waals surface area contributed by atoms with Gasteiger partial charge < -0.3 is 10.5 Å². The molecule has 0 radical (unpaired) electrons. The standard InChI is InChI=1S/C14H20N2O/c1-14(2,3)12(15)13-16-11(9-17-13)10-7-5-4-6-8-10/h4-8,11-12H,9,15H2,1-3H3/t11-,12+/m1/s1. The van der Waals surface area contributed by atoms with E-state index in [1.165, 1.54) is 5.56 Å². The Morgan fingerprint density at radius 3 is 2.53 bits per heavy atom. The average molecular weight is 232 g/mol. The summed E-state index contributed by atoms with van der Waals surface area (Å²) in [6.45, 7) is 6.89. The number of ether oxygens (including phenoxy) is 1. The Labute approximate surface area is 103 Å². The maximum Gasteiger partial charge on any atom is 0.202 e. The van der Waals surface area contributed by atoms with Crippen LogP contribution in [-0.4, -0.2) is 18.5 Å². The predicted octanol–water partition coefficient (Wildman–Crippen LogP) is 2.53. The van der Waals surface area contributed by atoms with E-state index in [9.17, 15) is 0 Å². The third kappa shape index (κ3) is 2.67. The van der Waals surface area contributed by atoms with Crippen molar-refractivity contribution in [3.63, 3.8) is 0 Å². The number of nitrogens with two attached hydrogens (primary N) is 1. The van der Waals surface area contributed by atoms with Gasteiger partial charge in [0.1, 0.15) is 12.6 Å². The van der Waals surface area contributed by atoms with Crippen LogP contribution in [0.15, 0.2) is 35.3 Å². The number of aliphatic imine (C=N–C) groups is 1. The Bertz CT molecular complexity index is 406. The van der Waals surface area contributed by atoms with Gasteiger partial charge in [-0.05, 0) is 11.0 Å². The summed E-state index contributed by atoms with van der Waals surface area (Å²) in [6, 6.07) is 10.1. The quantitative estimate of drug-likeness (QED) is 0.851. The lowest BCUT2D eigenvalue weighted by molar-refractivity contribution is 0.276. The smallest absolute Gasteiger partial charge is 0.202 e. The molecule has 92 valence electrons. The molecule has 17 heavy (non-hydrogen) atoms. The van der Waals surface area contributed by atoms with E-state index in [0.29, 0.717) is 12.5 Å². The van der Waals surface area contributed by atoms with Crippen LogP contribution in [0.4, 0.5) is 0 Å².